The number of pyridine rings is 1. The number of aliphatic hydroxyl groups excluding tert-OH is 2. The lowest BCUT2D eigenvalue weighted by Crippen LogP contribution is -2.22. The molecule has 9 heteroatoms. The third-order valence-corrected chi connectivity index (χ3v) is 2.29. The van der Waals surface area contributed by atoms with Crippen molar-refractivity contribution < 1.29 is 15.1 Å². The summed E-state index contributed by atoms with van der Waals surface area (Å²) in [7, 11) is 0. The number of aryl methyl sites for hydroxylation is 1. The van der Waals surface area contributed by atoms with Crippen molar-refractivity contribution in [2.75, 3.05) is 6.54 Å². The summed E-state index contributed by atoms with van der Waals surface area (Å²) in [6, 6.07) is 1.24. The molecule has 0 saturated carbocycles. The standard InChI is InChI=1S/C9H11N5O4/c1-5-2-6(14(17)18)3-11-8(5)9(16)7(15)4-12-13-10/h2-3,7,9,15-16H,4H2,1H3. The number of nitrogens with zero attached hydrogens (tertiary/aromatic N) is 5. The van der Waals surface area contributed by atoms with Crippen LogP contribution in [0.3, 0.4) is 0 Å². The molecule has 0 aliphatic rings. The van der Waals surface area contributed by atoms with Crippen LogP contribution in [-0.2, 0) is 0 Å². The van der Waals surface area contributed by atoms with Crippen molar-refractivity contribution >= 4 is 5.69 Å². The largest absolute Gasteiger partial charge is 0.390 e. The second kappa shape index (κ2) is 5.92. The molecule has 18 heavy (non-hydrogen) atoms. The van der Waals surface area contributed by atoms with E-state index in [1.165, 1.54) is 13.0 Å². The van der Waals surface area contributed by atoms with Crippen LogP contribution in [0, 0.1) is 17.0 Å². The topological polar surface area (TPSA) is 145 Å². The molecule has 96 valence electrons. The third kappa shape index (κ3) is 3.14. The van der Waals surface area contributed by atoms with Gasteiger partial charge >= 0.3 is 0 Å². The van der Waals surface area contributed by atoms with Gasteiger partial charge in [0.2, 0.25) is 0 Å². The van der Waals surface area contributed by atoms with E-state index < -0.39 is 17.1 Å². The van der Waals surface area contributed by atoms with E-state index in [-0.39, 0.29) is 17.9 Å². The molecule has 0 fully saturated rings. The van der Waals surface area contributed by atoms with Gasteiger partial charge in [0.25, 0.3) is 5.69 Å². The van der Waals surface area contributed by atoms with Gasteiger partial charge in [0.05, 0.1) is 23.3 Å². The summed E-state index contributed by atoms with van der Waals surface area (Å²) in [4.78, 5) is 16.1. The van der Waals surface area contributed by atoms with E-state index in [4.69, 9.17) is 5.53 Å². The van der Waals surface area contributed by atoms with Crippen LogP contribution in [0.25, 0.3) is 10.4 Å². The quantitative estimate of drug-likeness (QED) is 0.264. The van der Waals surface area contributed by atoms with Gasteiger partial charge in [-0.2, -0.15) is 0 Å². The van der Waals surface area contributed by atoms with Crippen molar-refractivity contribution in [3.05, 3.63) is 44.1 Å². The maximum Gasteiger partial charge on any atom is 0.287 e. The first kappa shape index (κ1) is 13.8. The molecule has 1 heterocycles. The number of azide groups is 1. The molecule has 2 atom stereocenters. The number of rotatable bonds is 5. The zero-order valence-corrected chi connectivity index (χ0v) is 9.46. The average Bonchev–Trinajstić information content (AvgIpc) is 2.34. The van der Waals surface area contributed by atoms with Crippen molar-refractivity contribution in [3.8, 4) is 0 Å². The Morgan fingerprint density at radius 2 is 2.33 bits per heavy atom. The molecule has 0 amide bonds. The van der Waals surface area contributed by atoms with Gasteiger partial charge in [0.1, 0.15) is 12.3 Å². The third-order valence-electron chi connectivity index (χ3n) is 2.29. The van der Waals surface area contributed by atoms with E-state index >= 15 is 0 Å². The number of nitro groups is 1. The summed E-state index contributed by atoms with van der Waals surface area (Å²) in [5.41, 5.74) is 8.38. The van der Waals surface area contributed by atoms with Crippen molar-refractivity contribution in [2.24, 2.45) is 5.11 Å². The summed E-state index contributed by atoms with van der Waals surface area (Å²) in [5.74, 6) is 0. The van der Waals surface area contributed by atoms with Gasteiger partial charge in [0.15, 0.2) is 0 Å². The Morgan fingerprint density at radius 3 is 2.83 bits per heavy atom. The summed E-state index contributed by atoms with van der Waals surface area (Å²) >= 11 is 0. The molecule has 0 saturated heterocycles. The van der Waals surface area contributed by atoms with Crippen LogP contribution in [0.15, 0.2) is 17.4 Å². The number of hydrogen-bond acceptors (Lipinski definition) is 6. The summed E-state index contributed by atoms with van der Waals surface area (Å²) in [5, 5.41) is 32.9. The number of aliphatic hydroxyl groups is 2. The van der Waals surface area contributed by atoms with E-state index in [1.807, 2.05) is 0 Å². The lowest BCUT2D eigenvalue weighted by Gasteiger charge is -2.16. The molecule has 0 radical (unpaired) electrons. The summed E-state index contributed by atoms with van der Waals surface area (Å²) < 4.78 is 0. The Balaban J connectivity index is 2.95. The summed E-state index contributed by atoms with van der Waals surface area (Å²) in [6.07, 6.45) is -1.68. The fraction of sp³-hybridized carbons (Fsp3) is 0.444. The van der Waals surface area contributed by atoms with Crippen molar-refractivity contribution in [2.45, 2.75) is 19.1 Å². The minimum absolute atomic E-state index is 0.112. The molecule has 0 bridgehead atoms. The Bertz CT molecular complexity index is 500. The number of aromatic nitrogens is 1. The van der Waals surface area contributed by atoms with Gasteiger partial charge in [0, 0.05) is 11.0 Å². The zero-order chi connectivity index (χ0) is 13.7. The van der Waals surface area contributed by atoms with Crippen LogP contribution in [0.1, 0.15) is 17.4 Å². The monoisotopic (exact) mass is 253 g/mol. The molecular formula is C9H11N5O4. The van der Waals surface area contributed by atoms with Crippen LogP contribution < -0.4 is 0 Å². The molecule has 2 N–H and O–H groups in total. The molecular weight excluding hydrogens is 242 g/mol. The van der Waals surface area contributed by atoms with Gasteiger partial charge in [-0.25, -0.2) is 0 Å². The van der Waals surface area contributed by atoms with Crippen LogP contribution in [0.4, 0.5) is 5.69 Å². The predicted molar refractivity (Wildman–Crippen MR) is 60.6 cm³/mol. The molecule has 0 spiro atoms. The fourth-order valence-corrected chi connectivity index (χ4v) is 1.38. The highest BCUT2D eigenvalue weighted by Crippen LogP contribution is 2.22. The molecule has 1 aromatic heterocycles. The minimum Gasteiger partial charge on any atom is -0.390 e. The van der Waals surface area contributed by atoms with Crippen LogP contribution >= 0.6 is 0 Å². The van der Waals surface area contributed by atoms with Gasteiger partial charge < -0.3 is 10.2 Å². The Morgan fingerprint density at radius 1 is 1.67 bits per heavy atom. The fourth-order valence-electron chi connectivity index (χ4n) is 1.38. The van der Waals surface area contributed by atoms with Crippen LogP contribution in [-0.4, -0.2) is 32.8 Å². The maximum absolute atomic E-state index is 10.5. The molecule has 9 nitrogen and oxygen atoms in total. The van der Waals surface area contributed by atoms with E-state index in [9.17, 15) is 20.3 Å². The Labute approximate surface area is 101 Å². The molecule has 1 aromatic rings. The minimum atomic E-state index is -1.36. The van der Waals surface area contributed by atoms with E-state index in [1.54, 1.807) is 0 Å². The van der Waals surface area contributed by atoms with Gasteiger partial charge in [-0.1, -0.05) is 5.11 Å². The highest BCUT2D eigenvalue weighted by Gasteiger charge is 2.22. The normalized spacial score (nSPS) is 13.5. The zero-order valence-electron chi connectivity index (χ0n) is 9.46. The van der Waals surface area contributed by atoms with Crippen molar-refractivity contribution in [3.63, 3.8) is 0 Å². The average molecular weight is 253 g/mol. The van der Waals surface area contributed by atoms with E-state index in [2.05, 4.69) is 15.0 Å². The van der Waals surface area contributed by atoms with E-state index in [0.717, 1.165) is 6.20 Å². The smallest absolute Gasteiger partial charge is 0.287 e. The van der Waals surface area contributed by atoms with Gasteiger partial charge in [-0.05, 0) is 18.0 Å². The predicted octanol–water partition coefficient (Wildman–Crippen LogP) is 1.00. The second-order valence-corrected chi connectivity index (χ2v) is 3.58. The van der Waals surface area contributed by atoms with Crippen molar-refractivity contribution in [1.29, 1.82) is 0 Å². The van der Waals surface area contributed by atoms with E-state index in [0.29, 0.717) is 5.56 Å². The molecule has 0 aliphatic carbocycles. The highest BCUT2D eigenvalue weighted by molar-refractivity contribution is 5.34. The lowest BCUT2D eigenvalue weighted by atomic mass is 10.1. The van der Waals surface area contributed by atoms with Crippen molar-refractivity contribution in [1.82, 2.24) is 4.98 Å². The van der Waals surface area contributed by atoms with Crippen LogP contribution in [0.2, 0.25) is 0 Å². The maximum atomic E-state index is 10.5. The first-order chi connectivity index (χ1) is 8.47. The second-order valence-electron chi connectivity index (χ2n) is 3.58. The highest BCUT2D eigenvalue weighted by atomic mass is 16.6. The number of hydrogen-bond donors (Lipinski definition) is 2. The molecule has 2 unspecified atom stereocenters. The Hall–Kier alpha value is -2.22. The Kier molecular flexibility index (Phi) is 4.55. The first-order valence-electron chi connectivity index (χ1n) is 4.95. The van der Waals surface area contributed by atoms with Gasteiger partial charge in [-0.15, -0.1) is 0 Å². The van der Waals surface area contributed by atoms with Crippen LogP contribution in [0.5, 0.6) is 0 Å². The van der Waals surface area contributed by atoms with Gasteiger partial charge in [-0.3, -0.25) is 15.1 Å². The molecule has 1 rings (SSSR count). The molecule has 0 aromatic carbocycles. The summed E-state index contributed by atoms with van der Waals surface area (Å²) in [6.45, 7) is 1.22. The SMILES string of the molecule is Cc1cc([N+](=O)[O-])cnc1C(O)C(O)CN=[N+]=[N-]. The lowest BCUT2D eigenvalue weighted by molar-refractivity contribution is -0.385. The first-order valence-corrected chi connectivity index (χ1v) is 4.95. The molecule has 0 aliphatic heterocycles.